The van der Waals surface area contributed by atoms with E-state index in [1.54, 1.807) is 6.20 Å². The Morgan fingerprint density at radius 3 is 2.72 bits per heavy atom. The molecule has 0 aliphatic rings. The predicted octanol–water partition coefficient (Wildman–Crippen LogP) is 5.64. The lowest BCUT2D eigenvalue weighted by molar-refractivity contribution is 0.400. The molecular weight excluding hydrogens is 418 g/mol. The number of nitrogens with zero attached hydrogens (tertiary/aromatic N) is 3. The van der Waals surface area contributed by atoms with Crippen LogP contribution in [0.3, 0.4) is 0 Å². The van der Waals surface area contributed by atoms with E-state index in [-0.39, 0.29) is 0 Å². The zero-order valence-electron chi connectivity index (χ0n) is 18.5. The van der Waals surface area contributed by atoms with Crippen molar-refractivity contribution in [3.8, 4) is 11.3 Å². The lowest BCUT2D eigenvalue weighted by Crippen LogP contribution is -2.13. The largest absolute Gasteiger partial charge is 0.396 e. The van der Waals surface area contributed by atoms with Gasteiger partial charge in [-0.3, -0.25) is 4.98 Å². The van der Waals surface area contributed by atoms with Crippen LogP contribution in [-0.2, 0) is 13.0 Å². The SMILES string of the molecule is CN(C)CCCc1ccc(-c2ccc(N)c(NCc3ccc4ncccc4c3)n2)cc1Cl. The second kappa shape index (κ2) is 9.98. The van der Waals surface area contributed by atoms with Crippen LogP contribution in [0, 0.1) is 0 Å². The number of aryl methyl sites for hydroxylation is 1. The van der Waals surface area contributed by atoms with Crippen LogP contribution in [0.4, 0.5) is 11.5 Å². The molecule has 5 nitrogen and oxygen atoms in total. The quantitative estimate of drug-likeness (QED) is 0.367. The van der Waals surface area contributed by atoms with E-state index in [0.29, 0.717) is 18.1 Å². The molecule has 0 saturated heterocycles. The normalized spacial score (nSPS) is 11.2. The number of nitrogens with one attached hydrogen (secondary N) is 1. The van der Waals surface area contributed by atoms with Gasteiger partial charge in [0.2, 0.25) is 0 Å². The number of halogens is 1. The lowest BCUT2D eigenvalue weighted by atomic mass is 10.0. The number of hydrogen-bond donors (Lipinski definition) is 2. The molecule has 0 amide bonds. The van der Waals surface area contributed by atoms with Gasteiger partial charge in [0.25, 0.3) is 0 Å². The van der Waals surface area contributed by atoms with Crippen molar-refractivity contribution in [2.75, 3.05) is 31.7 Å². The van der Waals surface area contributed by atoms with Gasteiger partial charge in [-0.2, -0.15) is 0 Å². The van der Waals surface area contributed by atoms with Crippen LogP contribution < -0.4 is 11.1 Å². The first-order chi connectivity index (χ1) is 15.5. The Morgan fingerprint density at radius 2 is 1.91 bits per heavy atom. The Kier molecular flexibility index (Phi) is 6.88. The van der Waals surface area contributed by atoms with Crippen molar-refractivity contribution >= 4 is 34.0 Å². The van der Waals surface area contributed by atoms with Crippen molar-refractivity contribution < 1.29 is 0 Å². The van der Waals surface area contributed by atoms with Crippen molar-refractivity contribution in [2.24, 2.45) is 0 Å². The number of hydrogen-bond acceptors (Lipinski definition) is 5. The van der Waals surface area contributed by atoms with Gasteiger partial charge in [0, 0.05) is 28.7 Å². The summed E-state index contributed by atoms with van der Waals surface area (Å²) in [7, 11) is 4.17. The molecular formula is C26H28ClN5. The fourth-order valence-corrected chi connectivity index (χ4v) is 3.96. The molecule has 32 heavy (non-hydrogen) atoms. The summed E-state index contributed by atoms with van der Waals surface area (Å²) in [5.74, 6) is 0.667. The molecule has 0 spiro atoms. The van der Waals surface area contributed by atoms with Crippen LogP contribution in [0.1, 0.15) is 17.5 Å². The molecule has 0 fully saturated rings. The zero-order valence-corrected chi connectivity index (χ0v) is 19.2. The van der Waals surface area contributed by atoms with Crippen LogP contribution in [0.2, 0.25) is 5.02 Å². The molecule has 4 rings (SSSR count). The van der Waals surface area contributed by atoms with Gasteiger partial charge >= 0.3 is 0 Å². The molecule has 3 N–H and O–H groups in total. The number of fused-ring (bicyclic) bond motifs is 1. The third-order valence-corrected chi connectivity index (χ3v) is 5.81. The molecule has 4 aromatic rings. The van der Waals surface area contributed by atoms with E-state index in [0.717, 1.165) is 57.7 Å². The molecule has 164 valence electrons. The maximum atomic E-state index is 6.57. The van der Waals surface area contributed by atoms with Crippen molar-refractivity contribution in [3.63, 3.8) is 0 Å². The average molecular weight is 446 g/mol. The monoisotopic (exact) mass is 445 g/mol. The predicted molar refractivity (Wildman–Crippen MR) is 135 cm³/mol. The van der Waals surface area contributed by atoms with Crippen LogP contribution >= 0.6 is 11.6 Å². The molecule has 0 bridgehead atoms. The summed E-state index contributed by atoms with van der Waals surface area (Å²) < 4.78 is 0. The van der Waals surface area contributed by atoms with Gasteiger partial charge in [0.1, 0.15) is 5.82 Å². The van der Waals surface area contributed by atoms with Crippen molar-refractivity contribution in [1.29, 1.82) is 0 Å². The van der Waals surface area contributed by atoms with Gasteiger partial charge in [0.05, 0.1) is 16.9 Å². The summed E-state index contributed by atoms with van der Waals surface area (Å²) >= 11 is 6.57. The van der Waals surface area contributed by atoms with Gasteiger partial charge in [-0.05, 0) is 81.0 Å². The number of rotatable bonds is 8. The van der Waals surface area contributed by atoms with Crippen LogP contribution in [0.5, 0.6) is 0 Å². The number of pyridine rings is 2. The van der Waals surface area contributed by atoms with Gasteiger partial charge in [-0.15, -0.1) is 0 Å². The first kappa shape index (κ1) is 22.1. The van der Waals surface area contributed by atoms with E-state index in [1.807, 2.05) is 30.3 Å². The summed E-state index contributed by atoms with van der Waals surface area (Å²) in [6.45, 7) is 1.66. The summed E-state index contributed by atoms with van der Waals surface area (Å²) in [6.07, 6.45) is 3.84. The molecule has 2 aromatic heterocycles. The molecule has 0 aliphatic heterocycles. The van der Waals surface area contributed by atoms with E-state index in [4.69, 9.17) is 22.3 Å². The molecule has 0 unspecified atom stereocenters. The Hall–Kier alpha value is -3.15. The first-order valence-corrected chi connectivity index (χ1v) is 11.1. The van der Waals surface area contributed by atoms with Crippen LogP contribution in [-0.4, -0.2) is 35.5 Å². The van der Waals surface area contributed by atoms with Gasteiger partial charge in [-0.25, -0.2) is 4.98 Å². The summed E-state index contributed by atoms with van der Waals surface area (Å²) in [4.78, 5) is 11.3. The molecule has 0 saturated carbocycles. The Labute approximate surface area is 194 Å². The van der Waals surface area contributed by atoms with Gasteiger partial charge in [-0.1, -0.05) is 35.9 Å². The highest BCUT2D eigenvalue weighted by Crippen LogP contribution is 2.28. The molecule has 0 atom stereocenters. The minimum absolute atomic E-state index is 0.614. The van der Waals surface area contributed by atoms with Crippen molar-refractivity contribution in [2.45, 2.75) is 19.4 Å². The molecule has 6 heteroatoms. The van der Waals surface area contributed by atoms with Crippen LogP contribution in [0.25, 0.3) is 22.2 Å². The number of aromatic nitrogens is 2. The third-order valence-electron chi connectivity index (χ3n) is 5.45. The Morgan fingerprint density at radius 1 is 1.03 bits per heavy atom. The highest BCUT2D eigenvalue weighted by molar-refractivity contribution is 6.31. The van der Waals surface area contributed by atoms with Gasteiger partial charge < -0.3 is 16.0 Å². The topological polar surface area (TPSA) is 67.1 Å². The molecule has 2 aromatic carbocycles. The second-order valence-corrected chi connectivity index (χ2v) is 8.64. The van der Waals surface area contributed by atoms with Crippen LogP contribution in [0.15, 0.2) is 66.9 Å². The van der Waals surface area contributed by atoms with E-state index in [2.05, 4.69) is 59.6 Å². The maximum absolute atomic E-state index is 6.57. The van der Waals surface area contributed by atoms with Crippen molar-refractivity contribution in [3.05, 3.63) is 83.0 Å². The van der Waals surface area contributed by atoms with Gasteiger partial charge in [0.15, 0.2) is 0 Å². The smallest absolute Gasteiger partial charge is 0.150 e. The summed E-state index contributed by atoms with van der Waals surface area (Å²) in [5, 5.41) is 5.26. The van der Waals surface area contributed by atoms with E-state index in [1.165, 1.54) is 0 Å². The third kappa shape index (κ3) is 5.36. The minimum atomic E-state index is 0.614. The fraction of sp³-hybridized carbons (Fsp3) is 0.231. The zero-order chi connectivity index (χ0) is 22.5. The first-order valence-electron chi connectivity index (χ1n) is 10.8. The van der Waals surface area contributed by atoms with E-state index >= 15 is 0 Å². The average Bonchev–Trinajstić information content (AvgIpc) is 2.79. The molecule has 0 radical (unpaired) electrons. The standard InChI is InChI=1S/C26H28ClN5/c1-32(2)14-4-6-19-8-9-21(16-22(19)27)25-12-10-23(28)26(31-25)30-17-18-7-11-24-20(15-18)5-3-13-29-24/h3,5,7-13,15-16H,4,6,14,17,28H2,1-2H3,(H,30,31). The lowest BCUT2D eigenvalue weighted by Gasteiger charge is -2.13. The fourth-order valence-electron chi connectivity index (χ4n) is 3.69. The number of benzene rings is 2. The highest BCUT2D eigenvalue weighted by Gasteiger charge is 2.09. The molecule has 0 aliphatic carbocycles. The highest BCUT2D eigenvalue weighted by atomic mass is 35.5. The Balaban J connectivity index is 1.48. The number of nitrogen functional groups attached to an aromatic ring is 1. The summed E-state index contributed by atoms with van der Waals surface area (Å²) in [6, 6.07) is 20.2. The van der Waals surface area contributed by atoms with E-state index in [9.17, 15) is 0 Å². The van der Waals surface area contributed by atoms with Crippen molar-refractivity contribution in [1.82, 2.24) is 14.9 Å². The number of nitrogens with two attached hydrogens (primary N) is 1. The molecule has 2 heterocycles. The number of anilines is 2. The summed E-state index contributed by atoms with van der Waals surface area (Å²) in [5.41, 5.74) is 11.9. The Bertz CT molecular complexity index is 1220. The second-order valence-electron chi connectivity index (χ2n) is 8.23. The maximum Gasteiger partial charge on any atom is 0.150 e. The minimum Gasteiger partial charge on any atom is -0.396 e. The van der Waals surface area contributed by atoms with E-state index < -0.39 is 0 Å².